The summed E-state index contributed by atoms with van der Waals surface area (Å²) in [5.74, 6) is 1.53. The van der Waals surface area contributed by atoms with E-state index in [2.05, 4.69) is 19.9 Å². The number of carbonyl (C=O) groups is 1. The van der Waals surface area contributed by atoms with Crippen LogP contribution < -0.4 is 14.4 Å². The number of hydrogen-bond acceptors (Lipinski definition) is 6. The highest BCUT2D eigenvalue weighted by molar-refractivity contribution is 6.06. The summed E-state index contributed by atoms with van der Waals surface area (Å²) >= 11 is 0. The number of hydrogen-bond donors (Lipinski definition) is 1. The average molecular weight is 554 g/mol. The average Bonchev–Trinajstić information content (AvgIpc) is 3.46. The molecule has 0 bridgehead atoms. The number of nitrogens with one attached hydrogen (secondary N) is 1. The fraction of sp³-hybridized carbons (Fsp3) is 0.281. The molecule has 1 amide bonds. The van der Waals surface area contributed by atoms with E-state index in [1.807, 2.05) is 56.3 Å². The first-order valence-electron chi connectivity index (χ1n) is 13.7. The SMILES string of the molecule is COc1cccnc1N1CCN(C(=O)c2cc3c(-c4cnc5ccccc5c4OC)cc(C(C)C)c(F)c3[nH]2)CC1. The van der Waals surface area contributed by atoms with Crippen molar-refractivity contribution >= 4 is 33.5 Å². The van der Waals surface area contributed by atoms with Gasteiger partial charge in [0.15, 0.2) is 17.4 Å². The van der Waals surface area contributed by atoms with Crippen LogP contribution >= 0.6 is 0 Å². The molecule has 1 fully saturated rings. The number of H-pyrrole nitrogens is 1. The number of fused-ring (bicyclic) bond motifs is 2. The molecule has 1 aliphatic heterocycles. The van der Waals surface area contributed by atoms with Gasteiger partial charge in [0.2, 0.25) is 0 Å². The van der Waals surface area contributed by atoms with Crippen LogP contribution in [-0.2, 0) is 0 Å². The lowest BCUT2D eigenvalue weighted by Crippen LogP contribution is -2.49. The highest BCUT2D eigenvalue weighted by Crippen LogP contribution is 2.42. The van der Waals surface area contributed by atoms with Gasteiger partial charge in [0.1, 0.15) is 11.4 Å². The van der Waals surface area contributed by atoms with Crippen molar-refractivity contribution in [1.29, 1.82) is 0 Å². The minimum Gasteiger partial charge on any atom is -0.495 e. The quantitative estimate of drug-likeness (QED) is 0.277. The first-order valence-corrected chi connectivity index (χ1v) is 13.7. The number of benzene rings is 2. The summed E-state index contributed by atoms with van der Waals surface area (Å²) in [5.41, 5.74) is 3.53. The van der Waals surface area contributed by atoms with Crippen molar-refractivity contribution in [2.24, 2.45) is 0 Å². The Labute approximate surface area is 237 Å². The zero-order valence-corrected chi connectivity index (χ0v) is 23.6. The van der Waals surface area contributed by atoms with E-state index in [9.17, 15) is 4.79 Å². The third-order valence-corrected chi connectivity index (χ3v) is 7.79. The Kier molecular flexibility index (Phi) is 6.95. The normalized spacial score (nSPS) is 13.8. The number of rotatable bonds is 6. The summed E-state index contributed by atoms with van der Waals surface area (Å²) in [6.07, 6.45) is 3.50. The summed E-state index contributed by atoms with van der Waals surface area (Å²) in [7, 11) is 3.25. The first kappa shape index (κ1) is 26.6. The third kappa shape index (κ3) is 4.61. The number of methoxy groups -OCH3 is 2. The van der Waals surface area contributed by atoms with Gasteiger partial charge in [0.05, 0.1) is 25.3 Å². The second-order valence-electron chi connectivity index (χ2n) is 10.5. The van der Waals surface area contributed by atoms with Gasteiger partial charge in [-0.15, -0.1) is 0 Å². The van der Waals surface area contributed by atoms with Crippen LogP contribution in [-0.4, -0.2) is 66.2 Å². The van der Waals surface area contributed by atoms with Crippen molar-refractivity contribution in [2.75, 3.05) is 45.3 Å². The molecule has 0 atom stereocenters. The van der Waals surface area contributed by atoms with Crippen molar-refractivity contribution in [3.63, 3.8) is 0 Å². The van der Waals surface area contributed by atoms with E-state index in [4.69, 9.17) is 9.47 Å². The molecule has 9 heteroatoms. The van der Waals surface area contributed by atoms with Crippen LogP contribution in [0.25, 0.3) is 32.9 Å². The second-order valence-corrected chi connectivity index (χ2v) is 10.5. The number of ether oxygens (including phenoxy) is 2. The van der Waals surface area contributed by atoms with Crippen LogP contribution in [0.4, 0.5) is 10.2 Å². The number of aromatic amines is 1. The molecular formula is C32H32FN5O3. The number of halogens is 1. The van der Waals surface area contributed by atoms with Crippen LogP contribution in [0.5, 0.6) is 11.5 Å². The van der Waals surface area contributed by atoms with Crippen molar-refractivity contribution < 1.29 is 18.7 Å². The number of anilines is 1. The topological polar surface area (TPSA) is 83.6 Å². The molecule has 41 heavy (non-hydrogen) atoms. The van der Waals surface area contributed by atoms with Crippen molar-refractivity contribution in [3.05, 3.63) is 78.0 Å². The number of piperazine rings is 1. The molecule has 6 rings (SSSR count). The van der Waals surface area contributed by atoms with Crippen LogP contribution in [0, 0.1) is 5.82 Å². The fourth-order valence-corrected chi connectivity index (χ4v) is 5.64. The molecule has 0 aliphatic carbocycles. The Morgan fingerprint density at radius 3 is 2.46 bits per heavy atom. The Morgan fingerprint density at radius 1 is 0.951 bits per heavy atom. The predicted octanol–water partition coefficient (Wildman–Crippen LogP) is 6.02. The Morgan fingerprint density at radius 2 is 1.73 bits per heavy atom. The van der Waals surface area contributed by atoms with E-state index >= 15 is 4.39 Å². The molecule has 0 saturated carbocycles. The molecule has 4 heterocycles. The summed E-state index contributed by atoms with van der Waals surface area (Å²) in [5, 5.41) is 1.48. The molecule has 0 spiro atoms. The molecule has 2 aromatic carbocycles. The van der Waals surface area contributed by atoms with Crippen LogP contribution in [0.15, 0.2) is 60.9 Å². The molecule has 8 nitrogen and oxygen atoms in total. The van der Waals surface area contributed by atoms with Gasteiger partial charge in [-0.2, -0.15) is 0 Å². The minimum atomic E-state index is -0.349. The maximum atomic E-state index is 15.9. The first-order chi connectivity index (χ1) is 19.9. The summed E-state index contributed by atoms with van der Waals surface area (Å²) in [4.78, 5) is 29.8. The van der Waals surface area contributed by atoms with Crippen LogP contribution in [0.1, 0.15) is 35.8 Å². The zero-order chi connectivity index (χ0) is 28.7. The Hall–Kier alpha value is -4.66. The number of amides is 1. The highest BCUT2D eigenvalue weighted by atomic mass is 19.1. The number of carbonyl (C=O) groups excluding carboxylic acids is 1. The van der Waals surface area contributed by atoms with E-state index in [-0.39, 0.29) is 17.6 Å². The number of aromatic nitrogens is 3. The largest absolute Gasteiger partial charge is 0.495 e. The van der Waals surface area contributed by atoms with Gasteiger partial charge in [0, 0.05) is 54.9 Å². The van der Waals surface area contributed by atoms with Crippen LogP contribution in [0.2, 0.25) is 0 Å². The Balaban J connectivity index is 1.38. The zero-order valence-electron chi connectivity index (χ0n) is 23.6. The fourth-order valence-electron chi connectivity index (χ4n) is 5.64. The summed E-state index contributed by atoms with van der Waals surface area (Å²) < 4.78 is 27.2. The standard InChI is InChI=1S/C32H32FN5O3/c1-19(2)21-16-22(24-18-35-25-9-6-5-8-20(25)30(24)41-4)23-17-26(36-29(23)28(21)33)32(39)38-14-12-37(13-15-38)31-27(40-3)10-7-11-34-31/h5-11,16-19,36H,12-15H2,1-4H3. The van der Waals surface area contributed by atoms with E-state index < -0.39 is 0 Å². The summed E-state index contributed by atoms with van der Waals surface area (Å²) in [6, 6.07) is 15.1. The van der Waals surface area contributed by atoms with Crippen molar-refractivity contribution in [2.45, 2.75) is 19.8 Å². The van der Waals surface area contributed by atoms with Gasteiger partial charge in [-0.1, -0.05) is 26.0 Å². The van der Waals surface area contributed by atoms with E-state index in [0.29, 0.717) is 59.8 Å². The monoisotopic (exact) mass is 553 g/mol. The maximum absolute atomic E-state index is 15.9. The number of pyridine rings is 2. The summed E-state index contributed by atoms with van der Waals surface area (Å²) in [6.45, 7) is 6.13. The molecule has 210 valence electrons. The van der Waals surface area contributed by atoms with Gasteiger partial charge < -0.3 is 24.3 Å². The lowest BCUT2D eigenvalue weighted by Gasteiger charge is -2.35. The van der Waals surface area contributed by atoms with E-state index in [1.165, 1.54) is 0 Å². The van der Waals surface area contributed by atoms with Gasteiger partial charge in [-0.25, -0.2) is 9.37 Å². The smallest absolute Gasteiger partial charge is 0.270 e. The molecular weight excluding hydrogens is 521 g/mol. The Bertz CT molecular complexity index is 1760. The van der Waals surface area contributed by atoms with E-state index in [0.717, 1.165) is 27.8 Å². The van der Waals surface area contributed by atoms with Crippen molar-refractivity contribution in [3.8, 4) is 22.6 Å². The van der Waals surface area contributed by atoms with Crippen molar-refractivity contribution in [1.82, 2.24) is 19.9 Å². The highest BCUT2D eigenvalue weighted by Gasteiger charge is 2.27. The maximum Gasteiger partial charge on any atom is 0.270 e. The van der Waals surface area contributed by atoms with Gasteiger partial charge in [-0.3, -0.25) is 9.78 Å². The van der Waals surface area contributed by atoms with Crippen LogP contribution in [0.3, 0.4) is 0 Å². The number of para-hydroxylation sites is 1. The molecule has 1 N–H and O–H groups in total. The van der Waals surface area contributed by atoms with Gasteiger partial charge >= 0.3 is 0 Å². The molecule has 1 aliphatic rings. The molecule has 5 aromatic rings. The molecule has 0 radical (unpaired) electrons. The predicted molar refractivity (Wildman–Crippen MR) is 159 cm³/mol. The van der Waals surface area contributed by atoms with Gasteiger partial charge in [0.25, 0.3) is 5.91 Å². The third-order valence-electron chi connectivity index (χ3n) is 7.79. The number of nitrogens with zero attached hydrogens (tertiary/aromatic N) is 4. The lowest BCUT2D eigenvalue weighted by atomic mass is 9.93. The van der Waals surface area contributed by atoms with Gasteiger partial charge in [-0.05, 0) is 53.4 Å². The lowest BCUT2D eigenvalue weighted by molar-refractivity contribution is 0.0741. The molecule has 0 unspecified atom stereocenters. The molecule has 3 aromatic heterocycles. The van der Waals surface area contributed by atoms with E-state index in [1.54, 1.807) is 37.6 Å². The second kappa shape index (κ2) is 10.7. The minimum absolute atomic E-state index is 0.0725. The molecule has 1 saturated heterocycles.